The fraction of sp³-hybridized carbons (Fsp3) is 0.455. The van der Waals surface area contributed by atoms with Crippen molar-refractivity contribution in [3.63, 3.8) is 0 Å². The molecule has 2 heteroatoms. The molecule has 0 unspecified atom stereocenters. The summed E-state index contributed by atoms with van der Waals surface area (Å²) in [6.45, 7) is 13.1. The molecule has 0 fully saturated rings. The van der Waals surface area contributed by atoms with Crippen LogP contribution in [0.2, 0.25) is 18.6 Å². The average molecular weight is 212 g/mol. The fourth-order valence-electron chi connectivity index (χ4n) is 0.754. The van der Waals surface area contributed by atoms with E-state index in [0.29, 0.717) is 0 Å². The summed E-state index contributed by atoms with van der Waals surface area (Å²) in [5.74, 6) is 0. The molecule has 76 valence electrons. The van der Waals surface area contributed by atoms with Crippen LogP contribution in [0.15, 0.2) is 37.6 Å². The number of allylic oxidation sites excluding steroid dienone is 2. The standard InChI is InChI=1S/C8H16Si.C3H8Si/c1-3-5-7-9-8-6-4-2;1-3-4-2/h3-4H,1-2,5-9H2;3H,1,4H2,2H3. The maximum atomic E-state index is 3.68. The van der Waals surface area contributed by atoms with Crippen LogP contribution in [-0.4, -0.2) is 19.0 Å². The molecule has 0 aliphatic heterocycles. The minimum absolute atomic E-state index is 0.188. The number of rotatable bonds is 7. The zero-order valence-electron chi connectivity index (χ0n) is 9.10. The third kappa shape index (κ3) is 24.5. The molecule has 13 heavy (non-hydrogen) atoms. The summed E-state index contributed by atoms with van der Waals surface area (Å²) in [7, 11) is 0.435. The van der Waals surface area contributed by atoms with Crippen LogP contribution in [0.4, 0.5) is 0 Å². The molecule has 0 rings (SSSR count). The molecule has 0 saturated heterocycles. The molecule has 0 amide bonds. The van der Waals surface area contributed by atoms with Gasteiger partial charge in [-0.1, -0.05) is 30.8 Å². The lowest BCUT2D eigenvalue weighted by Crippen LogP contribution is -1.85. The normalized spacial score (nSPS) is 9.00. The van der Waals surface area contributed by atoms with Gasteiger partial charge in [0.1, 0.15) is 0 Å². The highest BCUT2D eigenvalue weighted by Crippen LogP contribution is 1.95. The van der Waals surface area contributed by atoms with Crippen LogP contribution in [0.1, 0.15) is 12.8 Å². The summed E-state index contributed by atoms with van der Waals surface area (Å²) < 4.78 is 0. The zero-order valence-corrected chi connectivity index (χ0v) is 11.9. The summed E-state index contributed by atoms with van der Waals surface area (Å²) in [6, 6.07) is 2.86. The Morgan fingerprint density at radius 3 is 1.62 bits per heavy atom. The molecular formula is C11H24Si2. The second-order valence-corrected chi connectivity index (χ2v) is 6.43. The predicted molar refractivity (Wildman–Crippen MR) is 72.4 cm³/mol. The van der Waals surface area contributed by atoms with Gasteiger partial charge in [-0.05, 0) is 12.8 Å². The summed E-state index contributed by atoms with van der Waals surface area (Å²) in [5, 5.41) is 0. The minimum Gasteiger partial charge on any atom is -0.109 e. The van der Waals surface area contributed by atoms with E-state index in [9.17, 15) is 0 Å². The van der Waals surface area contributed by atoms with E-state index in [4.69, 9.17) is 0 Å². The van der Waals surface area contributed by atoms with Crippen molar-refractivity contribution in [1.82, 2.24) is 0 Å². The number of hydrogen-bond donors (Lipinski definition) is 0. The van der Waals surface area contributed by atoms with E-state index in [2.05, 4.69) is 26.3 Å². The minimum atomic E-state index is 0.188. The average Bonchev–Trinajstić information content (AvgIpc) is 2.18. The molecule has 0 radical (unpaired) electrons. The van der Waals surface area contributed by atoms with Crippen molar-refractivity contribution in [3.05, 3.63) is 37.6 Å². The van der Waals surface area contributed by atoms with Crippen LogP contribution in [0.5, 0.6) is 0 Å². The third-order valence-corrected chi connectivity index (χ3v) is 4.00. The summed E-state index contributed by atoms with van der Waals surface area (Å²) in [4.78, 5) is 0. The Bertz CT molecular complexity index is 109. The summed E-state index contributed by atoms with van der Waals surface area (Å²) >= 11 is 0. The highest BCUT2D eigenvalue weighted by Gasteiger charge is 1.84. The second-order valence-electron chi connectivity index (χ2n) is 2.91. The first kappa shape index (κ1) is 15.1. The lowest BCUT2D eigenvalue weighted by Gasteiger charge is -1.91. The Morgan fingerprint density at radius 2 is 1.38 bits per heavy atom. The molecule has 0 aromatic carbocycles. The molecule has 0 aromatic rings. The van der Waals surface area contributed by atoms with E-state index in [1.165, 1.54) is 24.9 Å². The topological polar surface area (TPSA) is 0 Å². The molecule has 0 atom stereocenters. The SMILES string of the molecule is C=CCC[SiH2]CCC=C.C=C[SiH2]C. The van der Waals surface area contributed by atoms with Crippen LogP contribution >= 0.6 is 0 Å². The molecule has 0 aliphatic rings. The largest absolute Gasteiger partial charge is 0.109 e. The van der Waals surface area contributed by atoms with Crippen molar-refractivity contribution in [1.29, 1.82) is 0 Å². The van der Waals surface area contributed by atoms with Gasteiger partial charge < -0.3 is 0 Å². The lowest BCUT2D eigenvalue weighted by molar-refractivity contribution is 1.14. The molecule has 0 spiro atoms. The van der Waals surface area contributed by atoms with Gasteiger partial charge in [-0.25, -0.2) is 0 Å². The summed E-state index contributed by atoms with van der Waals surface area (Å²) in [5.41, 5.74) is 2.01. The van der Waals surface area contributed by atoms with Crippen LogP contribution in [0.25, 0.3) is 0 Å². The highest BCUT2D eigenvalue weighted by atomic mass is 28.2. The van der Waals surface area contributed by atoms with Gasteiger partial charge in [0.25, 0.3) is 0 Å². The quantitative estimate of drug-likeness (QED) is 0.346. The Labute approximate surface area is 88.5 Å². The van der Waals surface area contributed by atoms with E-state index in [1.54, 1.807) is 0 Å². The van der Waals surface area contributed by atoms with Crippen LogP contribution in [0.3, 0.4) is 0 Å². The van der Waals surface area contributed by atoms with Crippen molar-refractivity contribution in [2.75, 3.05) is 0 Å². The molecule has 0 aliphatic carbocycles. The molecule has 0 nitrogen and oxygen atoms in total. The van der Waals surface area contributed by atoms with E-state index in [-0.39, 0.29) is 19.0 Å². The van der Waals surface area contributed by atoms with Crippen molar-refractivity contribution >= 4 is 19.0 Å². The van der Waals surface area contributed by atoms with Crippen LogP contribution in [-0.2, 0) is 0 Å². The van der Waals surface area contributed by atoms with Crippen molar-refractivity contribution in [2.45, 2.75) is 31.5 Å². The maximum Gasteiger partial charge on any atom is 0.0415 e. The van der Waals surface area contributed by atoms with Gasteiger partial charge in [-0.15, -0.1) is 25.4 Å². The van der Waals surface area contributed by atoms with Gasteiger partial charge in [0, 0.05) is 19.0 Å². The van der Waals surface area contributed by atoms with E-state index in [1.807, 2.05) is 17.9 Å². The van der Waals surface area contributed by atoms with Crippen LogP contribution < -0.4 is 0 Å². The first-order chi connectivity index (χ1) is 6.33. The van der Waals surface area contributed by atoms with Gasteiger partial charge in [0.15, 0.2) is 0 Å². The van der Waals surface area contributed by atoms with Crippen molar-refractivity contribution in [2.24, 2.45) is 0 Å². The van der Waals surface area contributed by atoms with Gasteiger partial charge in [-0.3, -0.25) is 0 Å². The van der Waals surface area contributed by atoms with E-state index >= 15 is 0 Å². The highest BCUT2D eigenvalue weighted by molar-refractivity contribution is 6.39. The van der Waals surface area contributed by atoms with E-state index < -0.39 is 0 Å². The monoisotopic (exact) mass is 212 g/mol. The maximum absolute atomic E-state index is 3.68. The Balaban J connectivity index is 0. The molecule has 0 saturated carbocycles. The predicted octanol–water partition coefficient (Wildman–Crippen LogP) is 2.49. The molecule has 0 N–H and O–H groups in total. The molecule has 0 aromatic heterocycles. The second kappa shape index (κ2) is 17.7. The smallest absolute Gasteiger partial charge is 0.0415 e. The summed E-state index contributed by atoms with van der Waals surface area (Å²) in [6.07, 6.45) is 6.48. The Kier molecular flexibility index (Phi) is 20.6. The van der Waals surface area contributed by atoms with Gasteiger partial charge >= 0.3 is 0 Å². The third-order valence-electron chi connectivity index (χ3n) is 1.61. The van der Waals surface area contributed by atoms with Crippen molar-refractivity contribution < 1.29 is 0 Å². The van der Waals surface area contributed by atoms with Gasteiger partial charge in [0.05, 0.1) is 0 Å². The first-order valence-electron chi connectivity index (χ1n) is 5.16. The lowest BCUT2D eigenvalue weighted by atomic mass is 10.5. The van der Waals surface area contributed by atoms with Crippen molar-refractivity contribution in [3.8, 4) is 0 Å². The Morgan fingerprint density at radius 1 is 1.00 bits per heavy atom. The van der Waals surface area contributed by atoms with Crippen LogP contribution in [0, 0.1) is 0 Å². The fourth-order valence-corrected chi connectivity index (χ4v) is 2.26. The zero-order chi connectivity index (χ0) is 10.4. The Hall–Kier alpha value is -0.346. The van der Waals surface area contributed by atoms with Gasteiger partial charge in [-0.2, -0.15) is 0 Å². The number of hydrogen-bond acceptors (Lipinski definition) is 0. The molecule has 0 heterocycles. The van der Waals surface area contributed by atoms with Gasteiger partial charge in [0.2, 0.25) is 0 Å². The first-order valence-corrected chi connectivity index (χ1v) is 9.39. The molecular weight excluding hydrogens is 188 g/mol. The van der Waals surface area contributed by atoms with E-state index in [0.717, 1.165) is 0 Å². The molecule has 0 bridgehead atoms.